The van der Waals surface area contributed by atoms with Crippen LogP contribution < -0.4 is 11.2 Å². The van der Waals surface area contributed by atoms with Gasteiger partial charge in [-0.05, 0) is 6.92 Å². The summed E-state index contributed by atoms with van der Waals surface area (Å²) in [6.07, 6.45) is -1.15. The van der Waals surface area contributed by atoms with E-state index in [2.05, 4.69) is 0 Å². The Morgan fingerprint density at radius 1 is 1.39 bits per heavy atom. The maximum absolute atomic E-state index is 12.3. The Bertz CT molecular complexity index is 591. The molecule has 100 valence electrons. The van der Waals surface area contributed by atoms with Crippen molar-refractivity contribution in [2.75, 3.05) is 0 Å². The second-order valence-electron chi connectivity index (χ2n) is 3.47. The molecule has 0 N–H and O–H groups in total. The van der Waals surface area contributed by atoms with E-state index < -0.39 is 35.3 Å². The molecule has 1 aromatic heterocycles. The molecule has 0 radical (unpaired) electrons. The van der Waals surface area contributed by atoms with Gasteiger partial charge in [0.2, 0.25) is 0 Å². The third-order valence-corrected chi connectivity index (χ3v) is 2.15. The molecule has 0 saturated carbocycles. The van der Waals surface area contributed by atoms with Crippen LogP contribution in [0.3, 0.4) is 0 Å². The molecule has 0 fully saturated rings. The van der Waals surface area contributed by atoms with Crippen LogP contribution in [0.4, 0.5) is 18.6 Å². The van der Waals surface area contributed by atoms with Crippen LogP contribution in [-0.2, 0) is 13.0 Å². The van der Waals surface area contributed by atoms with Crippen LogP contribution in [0.2, 0.25) is 0 Å². The second-order valence-corrected chi connectivity index (χ2v) is 3.47. The minimum absolute atomic E-state index is 0.0786. The van der Waals surface area contributed by atoms with Crippen LogP contribution in [0.5, 0.6) is 0 Å². The van der Waals surface area contributed by atoms with E-state index in [1.54, 1.807) is 0 Å². The molecule has 18 heavy (non-hydrogen) atoms. The third kappa shape index (κ3) is 2.78. The summed E-state index contributed by atoms with van der Waals surface area (Å²) in [5.41, 5.74) is -3.82. The van der Waals surface area contributed by atoms with Gasteiger partial charge in [-0.15, -0.1) is 0 Å². The monoisotopic (exact) mass is 266 g/mol. The van der Waals surface area contributed by atoms with Gasteiger partial charge < -0.3 is 12.9 Å². The summed E-state index contributed by atoms with van der Waals surface area (Å²) in [5, 5.41) is 10.5. The van der Waals surface area contributed by atoms with Crippen molar-refractivity contribution in [2.45, 2.75) is 19.9 Å². The van der Waals surface area contributed by atoms with Crippen LogP contribution in [0.1, 0.15) is 6.92 Å². The molecule has 0 aliphatic heterocycles. The summed E-state index contributed by atoms with van der Waals surface area (Å²) in [6, 6.07) is 0. The predicted octanol–water partition coefficient (Wildman–Crippen LogP) is 0.325. The van der Waals surface area contributed by atoms with Crippen LogP contribution in [0, 0.1) is 10.1 Å². The van der Waals surface area contributed by atoms with E-state index in [-0.39, 0.29) is 11.1 Å². The van der Waals surface area contributed by atoms with Crippen molar-refractivity contribution >= 4 is 12.7 Å². The van der Waals surface area contributed by atoms with Crippen molar-refractivity contribution in [2.24, 2.45) is 0 Å². The molecule has 7 nitrogen and oxygen atoms in total. The van der Waals surface area contributed by atoms with E-state index in [9.17, 15) is 32.7 Å². The number of halogens is 3. The zero-order valence-corrected chi connectivity index (χ0v) is 9.18. The molecule has 0 aromatic carbocycles. The highest BCUT2D eigenvalue weighted by atomic mass is 19.4. The molecule has 0 aliphatic carbocycles. The summed E-state index contributed by atoms with van der Waals surface area (Å²) < 4.78 is 37.3. The first-order valence-corrected chi connectivity index (χ1v) is 4.87. The second kappa shape index (κ2) is 4.66. The largest absolute Gasteiger partial charge is 0.497 e. The Hall–Kier alpha value is -2.07. The molecule has 0 saturated heterocycles. The smallest absolute Gasteiger partial charge is 0.448 e. The van der Waals surface area contributed by atoms with Gasteiger partial charge in [0, 0.05) is 13.0 Å². The van der Waals surface area contributed by atoms with E-state index in [0.29, 0.717) is 10.8 Å². The number of aryl methyl sites for hydroxylation is 1. The van der Waals surface area contributed by atoms with Gasteiger partial charge >= 0.3 is 23.9 Å². The first-order chi connectivity index (χ1) is 8.17. The lowest BCUT2D eigenvalue weighted by molar-refractivity contribution is -0.387. The highest BCUT2D eigenvalue weighted by Crippen LogP contribution is 2.10. The lowest BCUT2D eigenvalue weighted by Crippen LogP contribution is -2.44. The maximum Gasteiger partial charge on any atom is 0.497 e. The van der Waals surface area contributed by atoms with Crippen LogP contribution in [0.25, 0.3) is 0 Å². The first kappa shape index (κ1) is 14.0. The molecular formula is C7H8BF3N3O4-. The number of aromatic nitrogens is 2. The number of hydrogen-bond acceptors (Lipinski definition) is 4. The Kier molecular flexibility index (Phi) is 3.63. The molecule has 1 heterocycles. The summed E-state index contributed by atoms with van der Waals surface area (Å²) in [7, 11) is 0. The molecule has 0 aliphatic rings. The number of nitro groups is 1. The van der Waals surface area contributed by atoms with E-state index in [1.807, 2.05) is 0 Å². The fraction of sp³-hybridized carbons (Fsp3) is 0.429. The molecule has 0 bridgehead atoms. The number of hydrogen-bond donors (Lipinski definition) is 0. The minimum Gasteiger partial charge on any atom is -0.448 e. The molecule has 0 atom stereocenters. The molecule has 0 unspecified atom stereocenters. The van der Waals surface area contributed by atoms with E-state index in [1.165, 1.54) is 6.92 Å². The van der Waals surface area contributed by atoms with Crippen molar-refractivity contribution in [3.8, 4) is 0 Å². The maximum atomic E-state index is 12.3. The Labute approximate surface area is 97.7 Å². The summed E-state index contributed by atoms with van der Waals surface area (Å²) in [4.78, 5) is 32.3. The van der Waals surface area contributed by atoms with Crippen LogP contribution in [-0.4, -0.2) is 21.0 Å². The van der Waals surface area contributed by atoms with E-state index in [0.717, 1.165) is 0 Å². The number of nitrogens with zero attached hydrogens (tertiary/aromatic N) is 3. The predicted molar refractivity (Wildman–Crippen MR) is 56.4 cm³/mol. The van der Waals surface area contributed by atoms with Gasteiger partial charge in [0.05, 0.1) is 11.1 Å². The quantitative estimate of drug-likeness (QED) is 0.446. The van der Waals surface area contributed by atoms with Crippen molar-refractivity contribution in [3.05, 3.63) is 37.1 Å². The SMILES string of the molecule is CCn1cc([N+](=O)[O-])c(=O)n(C[B-](F)(F)F)c1=O. The third-order valence-electron chi connectivity index (χ3n) is 2.15. The molecule has 0 spiro atoms. The summed E-state index contributed by atoms with van der Waals surface area (Å²) in [5.74, 6) is 0. The van der Waals surface area contributed by atoms with Gasteiger partial charge in [0.25, 0.3) is 0 Å². The van der Waals surface area contributed by atoms with Gasteiger partial charge in [-0.2, -0.15) is 0 Å². The van der Waals surface area contributed by atoms with E-state index in [4.69, 9.17) is 0 Å². The Morgan fingerprint density at radius 3 is 2.33 bits per heavy atom. The Morgan fingerprint density at radius 2 is 1.94 bits per heavy atom. The van der Waals surface area contributed by atoms with Crippen molar-refractivity contribution < 1.29 is 17.9 Å². The van der Waals surface area contributed by atoms with Crippen molar-refractivity contribution in [1.29, 1.82) is 0 Å². The first-order valence-electron chi connectivity index (χ1n) is 4.87. The lowest BCUT2D eigenvalue weighted by atomic mass is 9.92. The molecular weight excluding hydrogens is 258 g/mol. The molecule has 1 aromatic rings. The van der Waals surface area contributed by atoms with E-state index >= 15 is 0 Å². The highest BCUT2D eigenvalue weighted by Gasteiger charge is 2.28. The Balaban J connectivity index is 3.58. The molecule has 0 amide bonds. The van der Waals surface area contributed by atoms with Crippen molar-refractivity contribution in [1.82, 2.24) is 9.13 Å². The van der Waals surface area contributed by atoms with Gasteiger partial charge in [-0.3, -0.25) is 24.0 Å². The standard InChI is InChI=1S/C7H8BF3N3O4/c1-2-12-3-5(14(17)18)6(15)13(7(12)16)4-8(9,10)11/h3H,2,4H2,1H3/q-1. The average molecular weight is 266 g/mol. The minimum atomic E-state index is -5.45. The number of rotatable bonds is 4. The average Bonchev–Trinajstić information content (AvgIpc) is 2.22. The topological polar surface area (TPSA) is 87.1 Å². The zero-order chi connectivity index (χ0) is 14.1. The van der Waals surface area contributed by atoms with Gasteiger partial charge in [0.15, 0.2) is 0 Å². The summed E-state index contributed by atoms with van der Waals surface area (Å²) in [6.45, 7) is -4.11. The molecule has 1 rings (SSSR count). The van der Waals surface area contributed by atoms with Gasteiger partial charge in [0.1, 0.15) is 0 Å². The summed E-state index contributed by atoms with van der Waals surface area (Å²) >= 11 is 0. The fourth-order valence-corrected chi connectivity index (χ4v) is 1.36. The van der Waals surface area contributed by atoms with Gasteiger partial charge in [-0.25, -0.2) is 4.79 Å². The molecule has 11 heteroatoms. The highest BCUT2D eigenvalue weighted by molar-refractivity contribution is 6.57. The normalized spacial score (nSPS) is 11.6. The van der Waals surface area contributed by atoms with Gasteiger partial charge in [-0.1, -0.05) is 0 Å². The lowest BCUT2D eigenvalue weighted by Gasteiger charge is -2.15. The van der Waals surface area contributed by atoms with Crippen LogP contribution >= 0.6 is 0 Å². The fourth-order valence-electron chi connectivity index (χ4n) is 1.36. The van der Waals surface area contributed by atoms with Crippen LogP contribution in [0.15, 0.2) is 15.8 Å². The zero-order valence-electron chi connectivity index (χ0n) is 9.18. The van der Waals surface area contributed by atoms with Crippen molar-refractivity contribution in [3.63, 3.8) is 0 Å².